The quantitative estimate of drug-likeness (QED) is 0.385. The summed E-state index contributed by atoms with van der Waals surface area (Å²) in [5, 5.41) is 6.92. The van der Waals surface area contributed by atoms with E-state index in [9.17, 15) is 18.0 Å². The lowest BCUT2D eigenvalue weighted by atomic mass is 9.79. The first kappa shape index (κ1) is 24.5. The zero-order chi connectivity index (χ0) is 23.5. The lowest BCUT2D eigenvalue weighted by Gasteiger charge is -2.33. The average molecular weight is 508 g/mol. The van der Waals surface area contributed by atoms with Gasteiger partial charge in [0.05, 0.1) is 11.2 Å². The minimum Gasteiger partial charge on any atom is -0.370 e. The van der Waals surface area contributed by atoms with E-state index < -0.39 is 17.6 Å². The molecule has 2 aromatic rings. The number of benzene rings is 2. The van der Waals surface area contributed by atoms with E-state index in [0.29, 0.717) is 22.8 Å². The van der Waals surface area contributed by atoms with Crippen molar-refractivity contribution in [2.24, 2.45) is 5.10 Å². The van der Waals surface area contributed by atoms with Gasteiger partial charge in [-0.1, -0.05) is 34.8 Å². The second kappa shape index (κ2) is 9.77. The van der Waals surface area contributed by atoms with Gasteiger partial charge in [0, 0.05) is 40.9 Å². The fourth-order valence-corrected chi connectivity index (χ4v) is 4.42. The van der Waals surface area contributed by atoms with E-state index in [4.69, 9.17) is 34.8 Å². The number of amides is 2. The first-order chi connectivity index (χ1) is 15.1. The van der Waals surface area contributed by atoms with Crippen molar-refractivity contribution >= 4 is 52.7 Å². The third kappa shape index (κ3) is 5.24. The maximum Gasteiger partial charge on any atom is 0.400 e. The standard InChI is InChI=1S/C21H20Cl3F3N4O/c1-2-28-19(32)30-29-11-13-3-4-17(10-18(13)24)31-6-5-20(12-31,21(25,26)27)14-7-15(22)9-16(23)8-14/h3-4,7-11H,2,5-6,12H2,1H3,(H2,28,30,32)/b29-11+. The number of hydrogen-bond donors (Lipinski definition) is 2. The van der Waals surface area contributed by atoms with E-state index >= 15 is 0 Å². The molecule has 3 rings (SSSR count). The number of rotatable bonds is 5. The number of carbonyl (C=O) groups excluding carboxylic acids is 1. The molecular weight excluding hydrogens is 488 g/mol. The number of urea groups is 1. The van der Waals surface area contributed by atoms with E-state index in [1.165, 1.54) is 24.4 Å². The zero-order valence-corrected chi connectivity index (χ0v) is 19.2. The summed E-state index contributed by atoms with van der Waals surface area (Å²) in [7, 11) is 0. The molecule has 1 aliphatic rings. The molecule has 0 aromatic heterocycles. The molecule has 32 heavy (non-hydrogen) atoms. The Morgan fingerprint density at radius 2 is 1.88 bits per heavy atom. The fourth-order valence-electron chi connectivity index (χ4n) is 3.67. The van der Waals surface area contributed by atoms with Gasteiger partial charge in [0.25, 0.3) is 0 Å². The zero-order valence-electron chi connectivity index (χ0n) is 16.9. The first-order valence-electron chi connectivity index (χ1n) is 9.70. The number of carbonyl (C=O) groups is 1. The number of hydrogen-bond acceptors (Lipinski definition) is 3. The highest BCUT2D eigenvalue weighted by Gasteiger charge is 2.59. The van der Waals surface area contributed by atoms with Crippen LogP contribution in [0.25, 0.3) is 0 Å². The molecule has 1 unspecified atom stereocenters. The molecule has 2 aromatic carbocycles. The van der Waals surface area contributed by atoms with Crippen LogP contribution in [0.5, 0.6) is 0 Å². The van der Waals surface area contributed by atoms with Crippen LogP contribution in [0.15, 0.2) is 41.5 Å². The summed E-state index contributed by atoms with van der Waals surface area (Å²) in [5.74, 6) is 0. The van der Waals surface area contributed by atoms with Crippen LogP contribution >= 0.6 is 34.8 Å². The number of nitrogens with zero attached hydrogens (tertiary/aromatic N) is 2. The van der Waals surface area contributed by atoms with Gasteiger partial charge >= 0.3 is 12.2 Å². The summed E-state index contributed by atoms with van der Waals surface area (Å²) in [6.07, 6.45) is -3.29. The number of anilines is 1. The van der Waals surface area contributed by atoms with Crippen molar-refractivity contribution in [2.45, 2.75) is 24.9 Å². The van der Waals surface area contributed by atoms with Crippen LogP contribution in [0.2, 0.25) is 15.1 Å². The molecule has 1 atom stereocenters. The van der Waals surface area contributed by atoms with E-state index in [1.54, 1.807) is 30.0 Å². The molecule has 1 fully saturated rings. The summed E-state index contributed by atoms with van der Waals surface area (Å²) < 4.78 is 42.8. The third-order valence-corrected chi connectivity index (χ3v) is 6.05. The van der Waals surface area contributed by atoms with Gasteiger partial charge < -0.3 is 10.2 Å². The van der Waals surface area contributed by atoms with Crippen LogP contribution in [0.3, 0.4) is 0 Å². The van der Waals surface area contributed by atoms with E-state index in [0.717, 1.165) is 0 Å². The van der Waals surface area contributed by atoms with Gasteiger partial charge in [-0.25, -0.2) is 10.2 Å². The van der Waals surface area contributed by atoms with Crippen molar-refractivity contribution in [3.05, 3.63) is 62.6 Å². The van der Waals surface area contributed by atoms with Crippen LogP contribution in [-0.4, -0.2) is 38.1 Å². The highest BCUT2D eigenvalue weighted by molar-refractivity contribution is 6.34. The largest absolute Gasteiger partial charge is 0.400 e. The van der Waals surface area contributed by atoms with Crippen molar-refractivity contribution in [1.82, 2.24) is 10.7 Å². The van der Waals surface area contributed by atoms with Crippen molar-refractivity contribution in [2.75, 3.05) is 24.5 Å². The maximum absolute atomic E-state index is 14.3. The average Bonchev–Trinajstić information content (AvgIpc) is 3.15. The van der Waals surface area contributed by atoms with Gasteiger partial charge in [0.15, 0.2) is 0 Å². The van der Waals surface area contributed by atoms with Crippen molar-refractivity contribution in [3.63, 3.8) is 0 Å². The van der Waals surface area contributed by atoms with Crippen molar-refractivity contribution in [1.29, 1.82) is 0 Å². The summed E-state index contributed by atoms with van der Waals surface area (Å²) in [6.45, 7) is 2.10. The molecule has 0 spiro atoms. The highest BCUT2D eigenvalue weighted by atomic mass is 35.5. The van der Waals surface area contributed by atoms with Gasteiger partial charge in [-0.3, -0.25) is 0 Å². The molecular formula is C21H20Cl3F3N4O. The molecule has 0 radical (unpaired) electrons. The third-order valence-electron chi connectivity index (χ3n) is 5.28. The second-order valence-corrected chi connectivity index (χ2v) is 8.62. The number of hydrazone groups is 1. The lowest BCUT2D eigenvalue weighted by molar-refractivity contribution is -0.184. The molecule has 1 aliphatic heterocycles. The van der Waals surface area contributed by atoms with Crippen molar-refractivity contribution in [3.8, 4) is 0 Å². The van der Waals surface area contributed by atoms with Crippen LogP contribution in [0, 0.1) is 0 Å². The molecule has 1 saturated heterocycles. The molecule has 1 heterocycles. The summed E-state index contributed by atoms with van der Waals surface area (Å²) >= 11 is 18.3. The molecule has 0 aliphatic carbocycles. The molecule has 0 saturated carbocycles. The Morgan fingerprint density at radius 1 is 1.19 bits per heavy atom. The Kier molecular flexibility index (Phi) is 7.47. The Labute approximate surface area is 198 Å². The smallest absolute Gasteiger partial charge is 0.370 e. The Hall–Kier alpha value is -2.16. The summed E-state index contributed by atoms with van der Waals surface area (Å²) in [4.78, 5) is 13.0. The van der Waals surface area contributed by atoms with Crippen LogP contribution < -0.4 is 15.6 Å². The molecule has 11 heteroatoms. The number of alkyl halides is 3. The van der Waals surface area contributed by atoms with Crippen LogP contribution in [0.4, 0.5) is 23.7 Å². The minimum absolute atomic E-state index is 0.0382. The van der Waals surface area contributed by atoms with Crippen molar-refractivity contribution < 1.29 is 18.0 Å². The summed E-state index contributed by atoms with van der Waals surface area (Å²) in [6, 6.07) is 8.45. The monoisotopic (exact) mass is 506 g/mol. The number of halogens is 6. The predicted octanol–water partition coefficient (Wildman–Crippen LogP) is 6.01. The van der Waals surface area contributed by atoms with E-state index in [1.807, 2.05) is 0 Å². The van der Waals surface area contributed by atoms with E-state index in [2.05, 4.69) is 15.8 Å². The molecule has 2 N–H and O–H groups in total. The Morgan fingerprint density at radius 3 is 2.47 bits per heavy atom. The molecule has 0 bridgehead atoms. The minimum atomic E-state index is -4.50. The molecule has 5 nitrogen and oxygen atoms in total. The topological polar surface area (TPSA) is 56.7 Å². The highest BCUT2D eigenvalue weighted by Crippen LogP contribution is 2.49. The van der Waals surface area contributed by atoms with Crippen LogP contribution in [-0.2, 0) is 5.41 Å². The SMILES string of the molecule is CCNC(=O)N/N=C/c1ccc(N2CCC(c3cc(Cl)cc(Cl)c3)(C(F)(F)F)C2)cc1Cl. The fraction of sp³-hybridized carbons (Fsp3) is 0.333. The number of nitrogens with one attached hydrogen (secondary N) is 2. The molecule has 172 valence electrons. The summed E-state index contributed by atoms with van der Waals surface area (Å²) in [5.41, 5.74) is 1.27. The van der Waals surface area contributed by atoms with Gasteiger partial charge in [-0.2, -0.15) is 18.3 Å². The maximum atomic E-state index is 14.3. The Balaban J connectivity index is 1.83. The van der Waals surface area contributed by atoms with E-state index in [-0.39, 0.29) is 35.1 Å². The second-order valence-electron chi connectivity index (χ2n) is 7.34. The van der Waals surface area contributed by atoms with Gasteiger partial charge in [-0.05, 0) is 55.3 Å². The normalized spacial score (nSPS) is 18.9. The first-order valence-corrected chi connectivity index (χ1v) is 10.8. The predicted molar refractivity (Wildman–Crippen MR) is 122 cm³/mol. The van der Waals surface area contributed by atoms with Gasteiger partial charge in [0.2, 0.25) is 0 Å². The van der Waals surface area contributed by atoms with Gasteiger partial charge in [-0.15, -0.1) is 0 Å². The van der Waals surface area contributed by atoms with Crippen LogP contribution in [0.1, 0.15) is 24.5 Å². The Bertz CT molecular complexity index is 1010. The molecule has 2 amide bonds. The lowest BCUT2D eigenvalue weighted by Crippen LogP contribution is -2.44. The van der Waals surface area contributed by atoms with Gasteiger partial charge in [0.1, 0.15) is 5.41 Å².